The van der Waals surface area contributed by atoms with Gasteiger partial charge in [0.1, 0.15) is 5.78 Å². The van der Waals surface area contributed by atoms with E-state index in [2.05, 4.69) is 54.6 Å². The van der Waals surface area contributed by atoms with Crippen LogP contribution in [-0.2, 0) is 9.22 Å². The van der Waals surface area contributed by atoms with E-state index in [1.54, 1.807) is 0 Å². The van der Waals surface area contributed by atoms with Gasteiger partial charge in [-0.15, -0.1) is 0 Å². The zero-order valence-corrected chi connectivity index (χ0v) is 16.3. The van der Waals surface area contributed by atoms with Crippen LogP contribution in [0.3, 0.4) is 0 Å². The summed E-state index contributed by atoms with van der Waals surface area (Å²) >= 11 is 0. The fraction of sp³-hybridized carbons (Fsp3) is 0.944. The summed E-state index contributed by atoms with van der Waals surface area (Å²) in [6.45, 7) is 18.3. The molecule has 2 rings (SSSR count). The lowest BCUT2D eigenvalue weighted by molar-refractivity contribution is -0.129. The Morgan fingerprint density at radius 2 is 1.71 bits per heavy atom. The van der Waals surface area contributed by atoms with E-state index in [0.29, 0.717) is 12.2 Å². The highest BCUT2D eigenvalue weighted by atomic mass is 28.4. The topological polar surface area (TPSA) is 26.3 Å². The van der Waals surface area contributed by atoms with Crippen molar-refractivity contribution in [2.45, 2.75) is 91.5 Å². The summed E-state index contributed by atoms with van der Waals surface area (Å²) in [4.78, 5) is 12.7. The minimum Gasteiger partial charge on any atom is -0.413 e. The molecule has 0 amide bonds. The number of rotatable bonds is 2. The molecule has 0 aromatic rings. The highest BCUT2D eigenvalue weighted by molar-refractivity contribution is 6.74. The monoisotopic (exact) mass is 310 g/mol. The maximum Gasteiger partial charge on any atom is 0.192 e. The van der Waals surface area contributed by atoms with Crippen molar-refractivity contribution in [1.29, 1.82) is 0 Å². The molecule has 0 bridgehead atoms. The standard InChI is InChI=1S/C18H34O2Si/c1-16(2,3)21(7,8)20-14-12-13(19)15-17(4,5)10-9-11-18(14,15)6/h14-15H,9-12H2,1-8H3/t14-,15-,18+/m0/s1. The second-order valence-electron chi connectivity index (χ2n) is 9.82. The van der Waals surface area contributed by atoms with Gasteiger partial charge >= 0.3 is 0 Å². The van der Waals surface area contributed by atoms with E-state index in [9.17, 15) is 4.79 Å². The molecule has 0 N–H and O–H groups in total. The van der Waals surface area contributed by atoms with Crippen LogP contribution in [0.2, 0.25) is 18.1 Å². The average Bonchev–Trinajstić information content (AvgIpc) is 2.48. The largest absolute Gasteiger partial charge is 0.413 e. The Balaban J connectivity index is 2.30. The first-order chi connectivity index (χ1) is 9.31. The molecule has 2 aliphatic carbocycles. The minimum absolute atomic E-state index is 0.0500. The molecule has 0 heterocycles. The van der Waals surface area contributed by atoms with Crippen LogP contribution in [-0.4, -0.2) is 20.2 Å². The zero-order valence-electron chi connectivity index (χ0n) is 15.3. The lowest BCUT2D eigenvalue weighted by Crippen LogP contribution is -2.51. The van der Waals surface area contributed by atoms with E-state index in [0.717, 1.165) is 6.42 Å². The fourth-order valence-corrected chi connectivity index (χ4v) is 5.92. The molecule has 2 fully saturated rings. The van der Waals surface area contributed by atoms with Gasteiger partial charge in [0.15, 0.2) is 8.32 Å². The smallest absolute Gasteiger partial charge is 0.192 e. The van der Waals surface area contributed by atoms with Crippen LogP contribution in [0.1, 0.15) is 67.2 Å². The van der Waals surface area contributed by atoms with Crippen molar-refractivity contribution in [3.8, 4) is 0 Å². The summed E-state index contributed by atoms with van der Waals surface area (Å²) in [5.41, 5.74) is 0.185. The number of fused-ring (bicyclic) bond motifs is 1. The van der Waals surface area contributed by atoms with Gasteiger partial charge < -0.3 is 4.43 Å². The lowest BCUT2D eigenvalue weighted by Gasteiger charge is -2.50. The summed E-state index contributed by atoms with van der Waals surface area (Å²) in [6.07, 6.45) is 4.31. The zero-order chi connectivity index (χ0) is 16.3. The summed E-state index contributed by atoms with van der Waals surface area (Å²) in [7, 11) is -1.82. The normalized spacial score (nSPS) is 36.7. The fourth-order valence-electron chi connectivity index (χ4n) is 4.50. The van der Waals surface area contributed by atoms with Crippen LogP contribution in [0.4, 0.5) is 0 Å². The second kappa shape index (κ2) is 4.92. The van der Waals surface area contributed by atoms with Gasteiger partial charge in [-0.1, -0.05) is 48.0 Å². The lowest BCUT2D eigenvalue weighted by atomic mass is 9.57. The summed E-state index contributed by atoms with van der Waals surface area (Å²) in [5, 5.41) is 0.203. The van der Waals surface area contributed by atoms with Crippen molar-refractivity contribution < 1.29 is 9.22 Å². The van der Waals surface area contributed by atoms with E-state index < -0.39 is 8.32 Å². The molecule has 2 saturated carbocycles. The van der Waals surface area contributed by atoms with Crippen molar-refractivity contribution in [2.24, 2.45) is 16.7 Å². The van der Waals surface area contributed by atoms with Gasteiger partial charge in [0, 0.05) is 17.8 Å². The third-order valence-electron chi connectivity index (χ3n) is 6.66. The first-order valence-electron chi connectivity index (χ1n) is 8.52. The van der Waals surface area contributed by atoms with E-state index in [1.807, 2.05) is 0 Å². The third-order valence-corrected chi connectivity index (χ3v) is 11.2. The van der Waals surface area contributed by atoms with Gasteiger partial charge in [0.05, 0.1) is 6.10 Å². The molecular formula is C18H34O2Si. The number of hydrogen-bond donors (Lipinski definition) is 0. The van der Waals surface area contributed by atoms with Crippen molar-refractivity contribution in [1.82, 2.24) is 0 Å². The van der Waals surface area contributed by atoms with Crippen LogP contribution in [0.5, 0.6) is 0 Å². The number of hydrogen-bond acceptors (Lipinski definition) is 2. The molecule has 2 aliphatic rings. The molecule has 2 nitrogen and oxygen atoms in total. The average molecular weight is 311 g/mol. The van der Waals surface area contributed by atoms with Gasteiger partial charge in [0.2, 0.25) is 0 Å². The van der Waals surface area contributed by atoms with Gasteiger partial charge in [-0.3, -0.25) is 4.79 Å². The predicted molar refractivity (Wildman–Crippen MR) is 90.9 cm³/mol. The van der Waals surface area contributed by atoms with Gasteiger partial charge in [0.25, 0.3) is 0 Å². The van der Waals surface area contributed by atoms with Crippen LogP contribution in [0.15, 0.2) is 0 Å². The highest BCUT2D eigenvalue weighted by Gasteiger charge is 2.60. The summed E-state index contributed by atoms with van der Waals surface area (Å²) in [5.74, 6) is 0.638. The van der Waals surface area contributed by atoms with Crippen molar-refractivity contribution in [3.63, 3.8) is 0 Å². The molecule has 0 saturated heterocycles. The minimum atomic E-state index is -1.82. The van der Waals surface area contributed by atoms with E-state index >= 15 is 0 Å². The van der Waals surface area contributed by atoms with E-state index in [4.69, 9.17) is 4.43 Å². The number of carbonyl (C=O) groups is 1. The third kappa shape index (κ3) is 2.76. The summed E-state index contributed by atoms with van der Waals surface area (Å²) in [6, 6.07) is 0. The molecular weight excluding hydrogens is 276 g/mol. The van der Waals surface area contributed by atoms with Crippen LogP contribution >= 0.6 is 0 Å². The molecule has 122 valence electrons. The molecule has 21 heavy (non-hydrogen) atoms. The Hall–Kier alpha value is -0.153. The number of Topliss-reactive ketones (excluding diaryl/α,β-unsaturated/α-hetero) is 1. The first-order valence-corrected chi connectivity index (χ1v) is 11.4. The van der Waals surface area contributed by atoms with Crippen molar-refractivity contribution in [3.05, 3.63) is 0 Å². The van der Waals surface area contributed by atoms with Gasteiger partial charge in [-0.2, -0.15) is 0 Å². The SMILES string of the molecule is CC1(C)CCC[C@]2(C)[C@@H](O[Si](C)(C)C(C)(C)C)CC(=O)[C@@H]12. The summed E-state index contributed by atoms with van der Waals surface area (Å²) < 4.78 is 6.72. The Kier molecular flexibility index (Phi) is 4.03. The number of carbonyl (C=O) groups excluding carboxylic acids is 1. The Bertz CT molecular complexity index is 433. The number of ketones is 1. The highest BCUT2D eigenvalue weighted by Crippen LogP contribution is 2.59. The van der Waals surface area contributed by atoms with E-state index in [1.165, 1.54) is 12.8 Å². The molecule has 0 radical (unpaired) electrons. The van der Waals surface area contributed by atoms with Crippen molar-refractivity contribution >= 4 is 14.1 Å². The molecule has 3 atom stereocenters. The Labute approximate surface area is 132 Å². The van der Waals surface area contributed by atoms with Gasteiger partial charge in [-0.25, -0.2) is 0 Å². The predicted octanol–water partition coefficient (Wildman–Crippen LogP) is 5.18. The molecule has 0 aromatic heterocycles. The Morgan fingerprint density at radius 3 is 2.24 bits per heavy atom. The first kappa shape index (κ1) is 17.2. The Morgan fingerprint density at radius 1 is 1.14 bits per heavy atom. The maximum absolute atomic E-state index is 12.7. The van der Waals surface area contributed by atoms with Gasteiger partial charge in [-0.05, 0) is 36.4 Å². The molecule has 3 heteroatoms. The van der Waals surface area contributed by atoms with Crippen LogP contribution in [0, 0.1) is 16.7 Å². The quantitative estimate of drug-likeness (QED) is 0.657. The molecule has 0 spiro atoms. The van der Waals surface area contributed by atoms with Crippen molar-refractivity contribution in [2.75, 3.05) is 0 Å². The van der Waals surface area contributed by atoms with E-state index in [-0.39, 0.29) is 27.9 Å². The second-order valence-corrected chi connectivity index (χ2v) is 14.6. The van der Waals surface area contributed by atoms with Crippen LogP contribution < -0.4 is 0 Å². The van der Waals surface area contributed by atoms with Crippen LogP contribution in [0.25, 0.3) is 0 Å². The maximum atomic E-state index is 12.7. The molecule has 0 unspecified atom stereocenters. The molecule has 0 aliphatic heterocycles. The molecule has 0 aromatic carbocycles.